The smallest absolute Gasteiger partial charge is 0.110 e. The molecule has 20 heavy (non-hydrogen) atoms. The van der Waals surface area contributed by atoms with E-state index in [4.69, 9.17) is 5.84 Å². The van der Waals surface area contributed by atoms with E-state index in [1.165, 1.54) is 25.9 Å². The molecule has 1 aromatic rings. The van der Waals surface area contributed by atoms with Crippen molar-refractivity contribution in [2.24, 2.45) is 12.9 Å². The fraction of sp³-hybridized carbons (Fsp3) is 0.800. The summed E-state index contributed by atoms with van der Waals surface area (Å²) in [5.74, 6) is 7.03. The van der Waals surface area contributed by atoms with Crippen LogP contribution in [0.4, 0.5) is 0 Å². The molecule has 2 rings (SSSR count). The Hall–Kier alpha value is -0.910. The molecule has 1 aliphatic rings. The Labute approximate surface area is 122 Å². The molecule has 1 aromatic heterocycles. The topological polar surface area (TPSA) is 59.1 Å². The molecule has 5 nitrogen and oxygen atoms in total. The summed E-state index contributed by atoms with van der Waals surface area (Å²) in [5, 5.41) is 0. The number of hydrazine groups is 1. The van der Waals surface area contributed by atoms with Crippen molar-refractivity contribution in [3.05, 3.63) is 18.2 Å². The van der Waals surface area contributed by atoms with Gasteiger partial charge >= 0.3 is 0 Å². The maximum Gasteiger partial charge on any atom is 0.110 e. The second-order valence-corrected chi connectivity index (χ2v) is 5.88. The Morgan fingerprint density at radius 1 is 1.35 bits per heavy atom. The molecule has 0 saturated carbocycles. The quantitative estimate of drug-likeness (QED) is 0.586. The standard InChI is InChI=1S/C15H29N5/c1-4-15(5-2,20-9-6-7-10-20)13(18-16)12-14-17-8-11-19(14)3/h8,11,13,18H,4-7,9-10,12,16H2,1-3H3. The average Bonchev–Trinajstić information content (AvgIpc) is 3.12. The molecule has 0 radical (unpaired) electrons. The number of likely N-dealkylation sites (tertiary alicyclic amines) is 1. The van der Waals surface area contributed by atoms with E-state index >= 15 is 0 Å². The van der Waals surface area contributed by atoms with Crippen molar-refractivity contribution >= 4 is 0 Å². The Morgan fingerprint density at radius 3 is 2.45 bits per heavy atom. The lowest BCUT2D eigenvalue weighted by molar-refractivity contribution is 0.0610. The Bertz CT molecular complexity index is 404. The number of hydrogen-bond donors (Lipinski definition) is 2. The van der Waals surface area contributed by atoms with Crippen LogP contribution in [0.1, 0.15) is 45.4 Å². The molecular weight excluding hydrogens is 250 g/mol. The molecule has 3 N–H and O–H groups in total. The lowest BCUT2D eigenvalue weighted by atomic mass is 9.81. The van der Waals surface area contributed by atoms with Crippen molar-refractivity contribution < 1.29 is 0 Å². The van der Waals surface area contributed by atoms with Crippen LogP contribution in [0, 0.1) is 0 Å². The van der Waals surface area contributed by atoms with Gasteiger partial charge in [-0.1, -0.05) is 13.8 Å². The predicted octanol–water partition coefficient (Wildman–Crippen LogP) is 1.45. The summed E-state index contributed by atoms with van der Waals surface area (Å²) in [6.45, 7) is 6.95. The van der Waals surface area contributed by atoms with Gasteiger partial charge in [-0.2, -0.15) is 0 Å². The highest BCUT2D eigenvalue weighted by atomic mass is 15.3. The maximum absolute atomic E-state index is 5.93. The van der Waals surface area contributed by atoms with Crippen LogP contribution in [-0.4, -0.2) is 39.1 Å². The Morgan fingerprint density at radius 2 is 2.00 bits per heavy atom. The highest BCUT2D eigenvalue weighted by Gasteiger charge is 2.42. The van der Waals surface area contributed by atoms with E-state index in [9.17, 15) is 0 Å². The summed E-state index contributed by atoms with van der Waals surface area (Å²) in [6.07, 6.45) is 9.57. The van der Waals surface area contributed by atoms with E-state index < -0.39 is 0 Å². The number of nitrogens with two attached hydrogens (primary N) is 1. The number of aryl methyl sites for hydroxylation is 1. The van der Waals surface area contributed by atoms with Gasteiger partial charge in [0, 0.05) is 37.4 Å². The Balaban J connectivity index is 2.22. The van der Waals surface area contributed by atoms with Crippen LogP contribution >= 0.6 is 0 Å². The van der Waals surface area contributed by atoms with E-state index in [1.807, 2.05) is 19.4 Å². The third-order valence-corrected chi connectivity index (χ3v) is 5.12. The van der Waals surface area contributed by atoms with Crippen molar-refractivity contribution in [2.45, 2.75) is 57.5 Å². The van der Waals surface area contributed by atoms with Crippen molar-refractivity contribution in [1.82, 2.24) is 19.9 Å². The van der Waals surface area contributed by atoms with Gasteiger partial charge in [0.25, 0.3) is 0 Å². The number of hydrogen-bond acceptors (Lipinski definition) is 4. The number of nitrogens with zero attached hydrogens (tertiary/aromatic N) is 3. The van der Waals surface area contributed by atoms with Gasteiger partial charge < -0.3 is 4.57 Å². The minimum atomic E-state index is 0.136. The number of rotatable bonds is 7. The summed E-state index contributed by atoms with van der Waals surface area (Å²) in [6, 6.07) is 0.233. The van der Waals surface area contributed by atoms with Gasteiger partial charge in [0.15, 0.2) is 0 Å². The summed E-state index contributed by atoms with van der Waals surface area (Å²) >= 11 is 0. The second kappa shape index (κ2) is 6.70. The largest absolute Gasteiger partial charge is 0.338 e. The molecule has 0 aromatic carbocycles. The van der Waals surface area contributed by atoms with Crippen LogP contribution < -0.4 is 11.3 Å². The SMILES string of the molecule is CCC(CC)(C(Cc1nccn1C)NN)N1CCCC1. The van der Waals surface area contributed by atoms with Gasteiger partial charge in [-0.3, -0.25) is 16.2 Å². The second-order valence-electron chi connectivity index (χ2n) is 5.88. The zero-order valence-electron chi connectivity index (χ0n) is 13.1. The molecule has 2 heterocycles. The zero-order chi connectivity index (χ0) is 14.6. The zero-order valence-corrected chi connectivity index (χ0v) is 13.1. The van der Waals surface area contributed by atoms with E-state index in [0.717, 1.165) is 25.1 Å². The number of nitrogens with one attached hydrogen (secondary N) is 1. The molecular formula is C15H29N5. The van der Waals surface area contributed by atoms with E-state index in [2.05, 4.69) is 33.7 Å². The van der Waals surface area contributed by atoms with Crippen LogP contribution in [0.15, 0.2) is 12.4 Å². The first-order chi connectivity index (χ1) is 9.67. The molecule has 1 atom stereocenters. The fourth-order valence-electron chi connectivity index (χ4n) is 3.75. The van der Waals surface area contributed by atoms with E-state index in [-0.39, 0.29) is 11.6 Å². The first-order valence-corrected chi connectivity index (χ1v) is 7.85. The van der Waals surface area contributed by atoms with Gasteiger partial charge in [0.1, 0.15) is 5.82 Å². The lowest BCUT2D eigenvalue weighted by Crippen LogP contribution is -2.62. The molecule has 1 aliphatic heterocycles. The summed E-state index contributed by atoms with van der Waals surface area (Å²) in [5.41, 5.74) is 3.23. The van der Waals surface area contributed by atoms with E-state index in [1.54, 1.807) is 0 Å². The highest BCUT2D eigenvalue weighted by Crippen LogP contribution is 2.32. The maximum atomic E-state index is 5.93. The molecule has 1 fully saturated rings. The molecule has 0 amide bonds. The molecule has 0 spiro atoms. The first-order valence-electron chi connectivity index (χ1n) is 7.85. The molecule has 1 saturated heterocycles. The highest BCUT2D eigenvalue weighted by molar-refractivity contribution is 5.05. The first kappa shape index (κ1) is 15.5. The third kappa shape index (κ3) is 2.75. The third-order valence-electron chi connectivity index (χ3n) is 5.12. The molecule has 0 bridgehead atoms. The van der Waals surface area contributed by atoms with Crippen molar-refractivity contribution in [3.63, 3.8) is 0 Å². The van der Waals surface area contributed by atoms with Gasteiger partial charge in [0.2, 0.25) is 0 Å². The molecule has 5 heteroatoms. The van der Waals surface area contributed by atoms with Crippen molar-refractivity contribution in [1.29, 1.82) is 0 Å². The summed E-state index contributed by atoms with van der Waals surface area (Å²) < 4.78 is 2.09. The van der Waals surface area contributed by atoms with E-state index in [0.29, 0.717) is 0 Å². The minimum Gasteiger partial charge on any atom is -0.338 e. The van der Waals surface area contributed by atoms with Crippen LogP contribution in [0.3, 0.4) is 0 Å². The van der Waals surface area contributed by atoms with Crippen molar-refractivity contribution in [2.75, 3.05) is 13.1 Å². The van der Waals surface area contributed by atoms with Gasteiger partial charge in [0.05, 0.1) is 0 Å². The van der Waals surface area contributed by atoms with Crippen LogP contribution in [0.25, 0.3) is 0 Å². The van der Waals surface area contributed by atoms with Gasteiger partial charge in [-0.25, -0.2) is 4.98 Å². The van der Waals surface area contributed by atoms with Crippen molar-refractivity contribution in [3.8, 4) is 0 Å². The summed E-state index contributed by atoms with van der Waals surface area (Å²) in [4.78, 5) is 7.10. The Kier molecular flexibility index (Phi) is 5.18. The number of imidazole rings is 1. The lowest BCUT2D eigenvalue weighted by Gasteiger charge is -2.46. The van der Waals surface area contributed by atoms with Crippen LogP contribution in [-0.2, 0) is 13.5 Å². The van der Waals surface area contributed by atoms with Gasteiger partial charge in [-0.05, 0) is 38.8 Å². The van der Waals surface area contributed by atoms with Crippen LogP contribution in [0.2, 0.25) is 0 Å². The van der Waals surface area contributed by atoms with Gasteiger partial charge in [-0.15, -0.1) is 0 Å². The fourth-order valence-corrected chi connectivity index (χ4v) is 3.75. The normalized spacial score (nSPS) is 18.6. The molecule has 1 unspecified atom stereocenters. The van der Waals surface area contributed by atoms with Crippen LogP contribution in [0.5, 0.6) is 0 Å². The predicted molar refractivity (Wildman–Crippen MR) is 82.1 cm³/mol. The monoisotopic (exact) mass is 279 g/mol. The summed E-state index contributed by atoms with van der Waals surface area (Å²) in [7, 11) is 2.05. The average molecular weight is 279 g/mol. The number of aromatic nitrogens is 2. The minimum absolute atomic E-state index is 0.136. The molecule has 0 aliphatic carbocycles. The molecule has 114 valence electrons.